The van der Waals surface area contributed by atoms with Gasteiger partial charge in [-0.15, -0.1) is 0 Å². The molecule has 28 heavy (non-hydrogen) atoms. The second-order valence-electron chi connectivity index (χ2n) is 6.36. The summed E-state index contributed by atoms with van der Waals surface area (Å²) >= 11 is 0. The van der Waals surface area contributed by atoms with E-state index in [1.165, 1.54) is 0 Å². The standard InChI is InChI=1S/C23H20N4O/c24-12-6-14-27-17-20(21-9-4-5-10-22(21)27)15-19(16-25)23(28)26-13-11-18-7-2-1-3-8-18/h1-5,7-10,15,17H,6,11,13-14H2,(H,26,28)/b19-15+. The number of nitrogens with one attached hydrogen (secondary N) is 1. The van der Waals surface area contributed by atoms with Crippen LogP contribution in [0.15, 0.2) is 66.4 Å². The summed E-state index contributed by atoms with van der Waals surface area (Å²) < 4.78 is 1.98. The van der Waals surface area contributed by atoms with E-state index in [0.717, 1.165) is 22.0 Å². The van der Waals surface area contributed by atoms with Gasteiger partial charge in [-0.3, -0.25) is 4.79 Å². The molecule has 1 amide bonds. The number of para-hydroxylation sites is 1. The lowest BCUT2D eigenvalue weighted by Crippen LogP contribution is -2.26. The van der Waals surface area contributed by atoms with Crippen LogP contribution in [0, 0.1) is 22.7 Å². The predicted molar refractivity (Wildman–Crippen MR) is 109 cm³/mol. The van der Waals surface area contributed by atoms with Crippen molar-refractivity contribution in [2.24, 2.45) is 0 Å². The minimum atomic E-state index is -0.382. The molecule has 0 bridgehead atoms. The molecule has 0 saturated carbocycles. The van der Waals surface area contributed by atoms with E-state index in [4.69, 9.17) is 5.26 Å². The van der Waals surface area contributed by atoms with Crippen LogP contribution in [0.3, 0.4) is 0 Å². The molecule has 0 aliphatic heterocycles. The van der Waals surface area contributed by atoms with Crippen LogP contribution >= 0.6 is 0 Å². The van der Waals surface area contributed by atoms with Gasteiger partial charge in [0.15, 0.2) is 0 Å². The van der Waals surface area contributed by atoms with Gasteiger partial charge in [0.25, 0.3) is 5.91 Å². The number of fused-ring (bicyclic) bond motifs is 1. The minimum absolute atomic E-state index is 0.0660. The van der Waals surface area contributed by atoms with E-state index in [0.29, 0.717) is 25.9 Å². The highest BCUT2D eigenvalue weighted by Gasteiger charge is 2.12. The van der Waals surface area contributed by atoms with E-state index < -0.39 is 0 Å². The molecule has 1 N–H and O–H groups in total. The van der Waals surface area contributed by atoms with Gasteiger partial charge in [0, 0.05) is 35.8 Å². The maximum Gasteiger partial charge on any atom is 0.261 e. The second-order valence-corrected chi connectivity index (χ2v) is 6.36. The Morgan fingerprint density at radius 2 is 1.82 bits per heavy atom. The van der Waals surface area contributed by atoms with Gasteiger partial charge in [-0.25, -0.2) is 0 Å². The van der Waals surface area contributed by atoms with E-state index in [2.05, 4.69) is 11.4 Å². The Balaban J connectivity index is 1.77. The third-order valence-corrected chi connectivity index (χ3v) is 4.49. The lowest BCUT2D eigenvalue weighted by atomic mass is 10.1. The summed E-state index contributed by atoms with van der Waals surface area (Å²) in [7, 11) is 0. The van der Waals surface area contributed by atoms with Gasteiger partial charge in [-0.1, -0.05) is 48.5 Å². The maximum absolute atomic E-state index is 12.4. The van der Waals surface area contributed by atoms with E-state index in [1.807, 2.05) is 71.4 Å². The normalized spacial score (nSPS) is 11.0. The number of aromatic nitrogens is 1. The molecule has 0 aliphatic rings. The first-order valence-electron chi connectivity index (χ1n) is 9.11. The van der Waals surface area contributed by atoms with E-state index in [1.54, 1.807) is 6.08 Å². The Kier molecular flexibility index (Phi) is 6.23. The summed E-state index contributed by atoms with van der Waals surface area (Å²) in [5, 5.41) is 22.1. The van der Waals surface area contributed by atoms with Crippen LogP contribution in [0.25, 0.3) is 17.0 Å². The topological polar surface area (TPSA) is 81.6 Å². The smallest absolute Gasteiger partial charge is 0.261 e. The van der Waals surface area contributed by atoms with Crippen molar-refractivity contribution in [3.8, 4) is 12.1 Å². The molecule has 5 heteroatoms. The monoisotopic (exact) mass is 368 g/mol. The Morgan fingerprint density at radius 1 is 1.07 bits per heavy atom. The summed E-state index contributed by atoms with van der Waals surface area (Å²) in [6.07, 6.45) is 4.60. The molecule has 1 aromatic heterocycles. The molecule has 3 rings (SSSR count). The van der Waals surface area contributed by atoms with Crippen molar-refractivity contribution >= 4 is 22.9 Å². The third-order valence-electron chi connectivity index (χ3n) is 4.49. The number of rotatable bonds is 7. The van der Waals surface area contributed by atoms with Crippen LogP contribution < -0.4 is 5.32 Å². The predicted octanol–water partition coefficient (Wildman–Crippen LogP) is 3.82. The number of carbonyl (C=O) groups excluding carboxylic acids is 1. The summed E-state index contributed by atoms with van der Waals surface area (Å²) in [5.74, 6) is -0.382. The van der Waals surface area contributed by atoms with Crippen molar-refractivity contribution in [3.63, 3.8) is 0 Å². The molecule has 138 valence electrons. The van der Waals surface area contributed by atoms with Crippen molar-refractivity contribution in [1.29, 1.82) is 10.5 Å². The number of amides is 1. The van der Waals surface area contributed by atoms with Crippen molar-refractivity contribution in [2.45, 2.75) is 19.4 Å². The van der Waals surface area contributed by atoms with Crippen LogP contribution in [-0.2, 0) is 17.8 Å². The Labute approximate surface area is 164 Å². The molecular formula is C23H20N4O. The quantitative estimate of drug-likeness (QED) is 0.508. The van der Waals surface area contributed by atoms with E-state index in [-0.39, 0.29) is 11.5 Å². The summed E-state index contributed by atoms with van der Waals surface area (Å²) in [6, 6.07) is 21.8. The fourth-order valence-corrected chi connectivity index (χ4v) is 3.11. The first kappa shape index (κ1) is 18.9. The molecule has 1 heterocycles. The molecule has 0 spiro atoms. The maximum atomic E-state index is 12.4. The van der Waals surface area contributed by atoms with Crippen molar-refractivity contribution in [3.05, 3.63) is 77.5 Å². The minimum Gasteiger partial charge on any atom is -0.351 e. The number of nitriles is 2. The molecule has 3 aromatic rings. The first-order chi connectivity index (χ1) is 13.7. The largest absolute Gasteiger partial charge is 0.351 e. The molecule has 2 aromatic carbocycles. The summed E-state index contributed by atoms with van der Waals surface area (Å²) in [4.78, 5) is 12.4. The SMILES string of the molecule is N#CCCn1cc(/C=C(\C#N)C(=O)NCCc2ccccc2)c2ccccc21. The lowest BCUT2D eigenvalue weighted by Gasteiger charge is -2.04. The van der Waals surface area contributed by atoms with Gasteiger partial charge in [-0.2, -0.15) is 10.5 Å². The Hall–Kier alpha value is -3.83. The highest BCUT2D eigenvalue weighted by molar-refractivity contribution is 6.04. The number of aryl methyl sites for hydroxylation is 1. The fraction of sp³-hybridized carbons (Fsp3) is 0.174. The van der Waals surface area contributed by atoms with Gasteiger partial charge in [0.2, 0.25) is 0 Å². The number of benzene rings is 2. The fourth-order valence-electron chi connectivity index (χ4n) is 3.11. The zero-order valence-electron chi connectivity index (χ0n) is 15.4. The second kappa shape index (κ2) is 9.21. The average molecular weight is 368 g/mol. The van der Waals surface area contributed by atoms with Crippen molar-refractivity contribution in [1.82, 2.24) is 9.88 Å². The Morgan fingerprint density at radius 3 is 2.57 bits per heavy atom. The summed E-state index contributed by atoms with van der Waals surface area (Å²) in [6.45, 7) is 1.03. The molecular weight excluding hydrogens is 348 g/mol. The molecule has 5 nitrogen and oxygen atoms in total. The van der Waals surface area contributed by atoms with Crippen molar-refractivity contribution < 1.29 is 4.79 Å². The lowest BCUT2D eigenvalue weighted by molar-refractivity contribution is -0.117. The molecule has 0 unspecified atom stereocenters. The highest BCUT2D eigenvalue weighted by atomic mass is 16.1. The Bertz CT molecular complexity index is 1080. The molecule has 0 atom stereocenters. The number of carbonyl (C=O) groups is 1. The summed E-state index contributed by atoms with van der Waals surface area (Å²) in [5.41, 5.74) is 2.97. The number of nitrogens with zero attached hydrogens (tertiary/aromatic N) is 3. The van der Waals surface area contributed by atoms with Crippen LogP contribution in [0.2, 0.25) is 0 Å². The van der Waals surface area contributed by atoms with E-state index in [9.17, 15) is 10.1 Å². The van der Waals surface area contributed by atoms with Gasteiger partial charge < -0.3 is 9.88 Å². The first-order valence-corrected chi connectivity index (χ1v) is 9.11. The number of hydrogen-bond acceptors (Lipinski definition) is 3. The van der Waals surface area contributed by atoms with Crippen molar-refractivity contribution in [2.75, 3.05) is 6.54 Å². The van der Waals surface area contributed by atoms with E-state index >= 15 is 0 Å². The number of hydrogen-bond donors (Lipinski definition) is 1. The molecule has 0 saturated heterocycles. The third kappa shape index (κ3) is 4.47. The van der Waals surface area contributed by atoms with Crippen LogP contribution in [0.4, 0.5) is 0 Å². The van der Waals surface area contributed by atoms with Crippen LogP contribution in [-0.4, -0.2) is 17.0 Å². The van der Waals surface area contributed by atoms with Crippen LogP contribution in [0.5, 0.6) is 0 Å². The van der Waals surface area contributed by atoms with Gasteiger partial charge in [0.05, 0.1) is 12.5 Å². The van der Waals surface area contributed by atoms with Gasteiger partial charge >= 0.3 is 0 Å². The molecule has 0 radical (unpaired) electrons. The van der Waals surface area contributed by atoms with Crippen LogP contribution in [0.1, 0.15) is 17.5 Å². The highest BCUT2D eigenvalue weighted by Crippen LogP contribution is 2.24. The van der Waals surface area contributed by atoms with Gasteiger partial charge in [-0.05, 0) is 24.1 Å². The molecule has 0 aliphatic carbocycles. The van der Waals surface area contributed by atoms with Gasteiger partial charge in [0.1, 0.15) is 11.6 Å². The zero-order chi connectivity index (χ0) is 19.8. The molecule has 0 fully saturated rings. The zero-order valence-corrected chi connectivity index (χ0v) is 15.4. The average Bonchev–Trinajstić information content (AvgIpc) is 3.08.